The van der Waals surface area contributed by atoms with Crippen molar-refractivity contribution in [1.82, 2.24) is 0 Å². The maximum absolute atomic E-state index is 12.3. The molecule has 7 nitrogen and oxygen atoms in total. The number of carbonyl (C=O) groups excluding carboxylic acids is 1. The number of hydrogen-bond acceptors (Lipinski definition) is 5. The second-order valence-corrected chi connectivity index (χ2v) is 8.52. The molecule has 3 rings (SSSR count). The van der Waals surface area contributed by atoms with E-state index in [1.807, 2.05) is 19.1 Å². The average molecular weight is 581 g/mol. The van der Waals surface area contributed by atoms with Crippen molar-refractivity contribution in [3.05, 3.63) is 80.4 Å². The van der Waals surface area contributed by atoms with Crippen LogP contribution in [0.15, 0.2) is 60.7 Å². The van der Waals surface area contributed by atoms with Crippen molar-refractivity contribution in [3.63, 3.8) is 0 Å². The Bertz CT molecular complexity index is 1140. The SMILES string of the molecule is CCOc1cc(CNc2cccc(C(=O)O)c2)cc(I)c1OCC(=O)Nc1ccc(Cl)cc1. The summed E-state index contributed by atoms with van der Waals surface area (Å²) in [4.78, 5) is 23.4. The molecule has 3 aromatic carbocycles. The summed E-state index contributed by atoms with van der Waals surface area (Å²) >= 11 is 8.00. The third kappa shape index (κ3) is 7.26. The highest BCUT2D eigenvalue weighted by atomic mass is 127. The molecule has 0 unspecified atom stereocenters. The molecular weight excluding hydrogens is 559 g/mol. The first-order valence-corrected chi connectivity index (χ1v) is 11.5. The fourth-order valence-electron chi connectivity index (χ4n) is 2.96. The molecule has 3 N–H and O–H groups in total. The molecule has 0 aliphatic rings. The summed E-state index contributed by atoms with van der Waals surface area (Å²) in [6, 6.07) is 17.2. The molecule has 0 saturated carbocycles. The number of rotatable bonds is 10. The van der Waals surface area contributed by atoms with E-state index in [4.69, 9.17) is 26.2 Å². The lowest BCUT2D eigenvalue weighted by atomic mass is 10.1. The molecule has 0 fully saturated rings. The first kappa shape index (κ1) is 24.7. The Hall–Kier alpha value is -2.98. The monoisotopic (exact) mass is 580 g/mol. The summed E-state index contributed by atoms with van der Waals surface area (Å²) < 4.78 is 12.3. The van der Waals surface area contributed by atoms with Gasteiger partial charge in [-0.1, -0.05) is 17.7 Å². The van der Waals surface area contributed by atoms with E-state index >= 15 is 0 Å². The van der Waals surface area contributed by atoms with E-state index in [0.717, 1.165) is 9.13 Å². The number of carboxylic acid groups (broad SMARTS) is 1. The van der Waals surface area contributed by atoms with Gasteiger partial charge in [-0.15, -0.1) is 0 Å². The molecule has 0 heterocycles. The van der Waals surface area contributed by atoms with Crippen LogP contribution in [0.2, 0.25) is 5.02 Å². The topological polar surface area (TPSA) is 96.9 Å². The molecule has 0 bridgehead atoms. The fraction of sp³-hybridized carbons (Fsp3) is 0.167. The van der Waals surface area contributed by atoms with Crippen LogP contribution in [0.25, 0.3) is 0 Å². The maximum Gasteiger partial charge on any atom is 0.335 e. The molecule has 0 saturated heterocycles. The smallest absolute Gasteiger partial charge is 0.335 e. The number of nitrogens with one attached hydrogen (secondary N) is 2. The van der Waals surface area contributed by atoms with Crippen molar-refractivity contribution in [2.24, 2.45) is 0 Å². The second-order valence-electron chi connectivity index (χ2n) is 6.92. The van der Waals surface area contributed by atoms with Gasteiger partial charge in [0.1, 0.15) is 0 Å². The average Bonchev–Trinajstić information content (AvgIpc) is 2.79. The molecular formula is C24H22ClIN2O5. The third-order valence-corrected chi connectivity index (χ3v) is 5.50. The Balaban J connectivity index is 1.67. The van der Waals surface area contributed by atoms with Gasteiger partial charge in [0.25, 0.3) is 5.91 Å². The van der Waals surface area contributed by atoms with Crippen LogP contribution in [0.5, 0.6) is 11.5 Å². The zero-order valence-corrected chi connectivity index (χ0v) is 20.6. The van der Waals surface area contributed by atoms with Crippen molar-refractivity contribution in [3.8, 4) is 11.5 Å². The summed E-state index contributed by atoms with van der Waals surface area (Å²) in [6.07, 6.45) is 0. The predicted octanol–water partition coefficient (Wildman–Crippen LogP) is 5.67. The number of amides is 1. The van der Waals surface area contributed by atoms with Gasteiger partial charge in [0.2, 0.25) is 0 Å². The Labute approximate surface area is 210 Å². The highest BCUT2D eigenvalue weighted by Crippen LogP contribution is 2.34. The van der Waals surface area contributed by atoms with Crippen molar-refractivity contribution in [2.45, 2.75) is 13.5 Å². The zero-order chi connectivity index (χ0) is 23.8. The highest BCUT2D eigenvalue weighted by molar-refractivity contribution is 14.1. The molecule has 0 spiro atoms. The molecule has 9 heteroatoms. The summed E-state index contributed by atoms with van der Waals surface area (Å²) in [5.74, 6) is -0.270. The molecule has 0 aliphatic heterocycles. The molecule has 172 valence electrons. The van der Waals surface area contributed by atoms with Crippen molar-refractivity contribution in [1.29, 1.82) is 0 Å². The van der Waals surface area contributed by atoms with Gasteiger partial charge in [0, 0.05) is 22.9 Å². The van der Waals surface area contributed by atoms with E-state index in [0.29, 0.717) is 41.0 Å². The first-order valence-electron chi connectivity index (χ1n) is 10.1. The van der Waals surface area contributed by atoms with Gasteiger partial charge < -0.3 is 25.2 Å². The van der Waals surface area contributed by atoms with E-state index in [9.17, 15) is 9.59 Å². The number of ether oxygens (including phenoxy) is 2. The Kier molecular flexibility index (Phi) is 8.79. The molecule has 0 aliphatic carbocycles. The van der Waals surface area contributed by atoms with Crippen LogP contribution in [0.1, 0.15) is 22.8 Å². The minimum atomic E-state index is -0.978. The summed E-state index contributed by atoms with van der Waals surface area (Å²) in [6.45, 7) is 2.57. The number of benzene rings is 3. The Morgan fingerprint density at radius 2 is 1.79 bits per heavy atom. The van der Waals surface area contributed by atoms with Gasteiger partial charge in [-0.3, -0.25) is 4.79 Å². The highest BCUT2D eigenvalue weighted by Gasteiger charge is 2.14. The molecule has 3 aromatic rings. The van der Waals surface area contributed by atoms with Crippen LogP contribution in [0.4, 0.5) is 11.4 Å². The largest absolute Gasteiger partial charge is 0.490 e. The predicted molar refractivity (Wildman–Crippen MR) is 137 cm³/mol. The van der Waals surface area contributed by atoms with Gasteiger partial charge in [-0.05, 0) is 89.7 Å². The van der Waals surface area contributed by atoms with E-state index in [2.05, 4.69) is 33.2 Å². The number of carbonyl (C=O) groups is 2. The lowest BCUT2D eigenvalue weighted by Crippen LogP contribution is -2.20. The van der Waals surface area contributed by atoms with Crippen molar-refractivity contribution in [2.75, 3.05) is 23.8 Å². The molecule has 1 amide bonds. The van der Waals surface area contributed by atoms with E-state index in [1.165, 1.54) is 0 Å². The van der Waals surface area contributed by atoms with Crippen LogP contribution in [-0.2, 0) is 11.3 Å². The molecule has 0 aromatic heterocycles. The Morgan fingerprint density at radius 3 is 2.48 bits per heavy atom. The van der Waals surface area contributed by atoms with Gasteiger partial charge in [0.05, 0.1) is 15.7 Å². The fourth-order valence-corrected chi connectivity index (χ4v) is 3.91. The van der Waals surface area contributed by atoms with E-state index in [-0.39, 0.29) is 18.1 Å². The van der Waals surface area contributed by atoms with Crippen LogP contribution in [0.3, 0.4) is 0 Å². The Morgan fingerprint density at radius 1 is 1.03 bits per heavy atom. The van der Waals surface area contributed by atoms with Crippen molar-refractivity contribution >= 4 is 57.4 Å². The molecule has 33 heavy (non-hydrogen) atoms. The summed E-state index contributed by atoms with van der Waals surface area (Å²) in [7, 11) is 0. The number of anilines is 2. The van der Waals surface area contributed by atoms with Gasteiger partial charge >= 0.3 is 5.97 Å². The number of halogens is 2. The van der Waals surface area contributed by atoms with Gasteiger partial charge in [0.15, 0.2) is 18.1 Å². The number of carboxylic acids is 1. The second kappa shape index (κ2) is 11.8. The minimum absolute atomic E-state index is 0.182. The normalized spacial score (nSPS) is 10.4. The van der Waals surface area contributed by atoms with Crippen LogP contribution in [0, 0.1) is 3.57 Å². The van der Waals surface area contributed by atoms with Crippen LogP contribution in [-0.4, -0.2) is 30.2 Å². The molecule has 0 atom stereocenters. The lowest BCUT2D eigenvalue weighted by Gasteiger charge is -2.16. The van der Waals surface area contributed by atoms with Gasteiger partial charge in [-0.25, -0.2) is 4.79 Å². The van der Waals surface area contributed by atoms with Crippen LogP contribution < -0.4 is 20.1 Å². The molecule has 0 radical (unpaired) electrons. The summed E-state index contributed by atoms with van der Waals surface area (Å²) in [5, 5.41) is 15.7. The number of aromatic carboxylic acids is 1. The van der Waals surface area contributed by atoms with Crippen LogP contribution >= 0.6 is 34.2 Å². The van der Waals surface area contributed by atoms with E-state index in [1.54, 1.807) is 48.5 Å². The van der Waals surface area contributed by atoms with Crippen molar-refractivity contribution < 1.29 is 24.2 Å². The quantitative estimate of drug-likeness (QED) is 0.268. The summed E-state index contributed by atoms with van der Waals surface area (Å²) in [5.41, 5.74) is 2.45. The minimum Gasteiger partial charge on any atom is -0.490 e. The first-order chi connectivity index (χ1) is 15.9. The van der Waals surface area contributed by atoms with Gasteiger partial charge in [-0.2, -0.15) is 0 Å². The zero-order valence-electron chi connectivity index (χ0n) is 17.7. The maximum atomic E-state index is 12.3. The van der Waals surface area contributed by atoms with E-state index < -0.39 is 5.97 Å². The lowest BCUT2D eigenvalue weighted by molar-refractivity contribution is -0.118. The standard InChI is InChI=1S/C24H22ClIN2O5/c1-2-32-21-11-15(13-27-19-5-3-4-16(12-19)24(30)31)10-20(26)23(21)33-14-22(29)28-18-8-6-17(25)7-9-18/h3-12,27H,2,13-14H2,1H3,(H,28,29)(H,30,31). The third-order valence-electron chi connectivity index (χ3n) is 4.45. The number of hydrogen-bond donors (Lipinski definition) is 3.